The van der Waals surface area contributed by atoms with Crippen LogP contribution in [-0.4, -0.2) is 12.1 Å². The Labute approximate surface area is 59.0 Å². The maximum absolute atomic E-state index is 5.14. The van der Waals surface area contributed by atoms with Crippen molar-refractivity contribution in [2.75, 3.05) is 7.11 Å². The number of oxazole rings is 1. The minimum Gasteiger partial charge on any atom is -0.479 e. The molecule has 1 aliphatic rings. The van der Waals surface area contributed by atoms with Gasteiger partial charge in [0.25, 0.3) is 5.88 Å². The van der Waals surface area contributed by atoms with Crippen molar-refractivity contribution in [2.24, 2.45) is 0 Å². The molecule has 1 saturated carbocycles. The molecule has 3 heteroatoms. The summed E-state index contributed by atoms with van der Waals surface area (Å²) in [7, 11) is 1.59. The second-order valence-electron chi connectivity index (χ2n) is 2.50. The summed E-state index contributed by atoms with van der Waals surface area (Å²) >= 11 is 0. The van der Waals surface area contributed by atoms with E-state index in [1.54, 1.807) is 13.4 Å². The van der Waals surface area contributed by atoms with Gasteiger partial charge in [-0.05, 0) is 12.8 Å². The van der Waals surface area contributed by atoms with Crippen molar-refractivity contribution < 1.29 is 9.15 Å². The van der Waals surface area contributed by atoms with Crippen molar-refractivity contribution >= 4 is 0 Å². The summed E-state index contributed by atoms with van der Waals surface area (Å²) in [5.74, 6) is 1.99. The Bertz CT molecular complexity index is 227. The van der Waals surface area contributed by atoms with Crippen LogP contribution in [0.15, 0.2) is 10.7 Å². The fraction of sp³-hybridized carbons (Fsp3) is 0.571. The fourth-order valence-corrected chi connectivity index (χ4v) is 0.884. The van der Waals surface area contributed by atoms with E-state index in [1.165, 1.54) is 12.8 Å². The Morgan fingerprint density at radius 3 is 3.00 bits per heavy atom. The largest absolute Gasteiger partial charge is 0.479 e. The van der Waals surface area contributed by atoms with Gasteiger partial charge in [0.1, 0.15) is 0 Å². The van der Waals surface area contributed by atoms with Crippen LogP contribution in [0.25, 0.3) is 0 Å². The number of aromatic nitrogens is 1. The third-order valence-electron chi connectivity index (χ3n) is 1.64. The van der Waals surface area contributed by atoms with Crippen LogP contribution in [0.5, 0.6) is 5.88 Å². The molecule has 0 spiro atoms. The number of methoxy groups -OCH3 is 1. The first kappa shape index (κ1) is 5.77. The molecule has 54 valence electrons. The van der Waals surface area contributed by atoms with Gasteiger partial charge >= 0.3 is 0 Å². The molecule has 0 aliphatic heterocycles. The van der Waals surface area contributed by atoms with Crippen LogP contribution in [0.1, 0.15) is 24.7 Å². The van der Waals surface area contributed by atoms with E-state index in [1.807, 2.05) is 0 Å². The van der Waals surface area contributed by atoms with Gasteiger partial charge in [-0.25, -0.2) is 0 Å². The third kappa shape index (κ3) is 0.875. The lowest BCUT2D eigenvalue weighted by molar-refractivity contribution is 0.395. The molecule has 0 aromatic carbocycles. The molecular formula is C7H9NO2. The monoisotopic (exact) mass is 139 g/mol. The molecule has 0 amide bonds. The summed E-state index contributed by atoms with van der Waals surface area (Å²) in [6.45, 7) is 0. The molecule has 0 N–H and O–H groups in total. The molecule has 0 atom stereocenters. The second kappa shape index (κ2) is 2.01. The van der Waals surface area contributed by atoms with Gasteiger partial charge in [-0.15, -0.1) is 0 Å². The Morgan fingerprint density at radius 2 is 2.50 bits per heavy atom. The maximum Gasteiger partial charge on any atom is 0.252 e. The lowest BCUT2D eigenvalue weighted by Crippen LogP contribution is -1.82. The van der Waals surface area contributed by atoms with Crippen LogP contribution in [-0.2, 0) is 0 Å². The van der Waals surface area contributed by atoms with Gasteiger partial charge in [0.05, 0.1) is 7.11 Å². The van der Waals surface area contributed by atoms with E-state index in [9.17, 15) is 0 Å². The SMILES string of the molecule is COc1coc(C2CC2)n1. The molecule has 2 rings (SSSR count). The van der Waals surface area contributed by atoms with Crippen molar-refractivity contribution in [3.8, 4) is 5.88 Å². The number of hydrogen-bond donors (Lipinski definition) is 0. The average Bonchev–Trinajstić information content (AvgIpc) is 2.70. The first-order valence-corrected chi connectivity index (χ1v) is 3.39. The lowest BCUT2D eigenvalue weighted by atomic mass is 10.4. The van der Waals surface area contributed by atoms with E-state index in [0.717, 1.165) is 5.89 Å². The third-order valence-corrected chi connectivity index (χ3v) is 1.64. The van der Waals surface area contributed by atoms with E-state index in [2.05, 4.69) is 4.98 Å². The minimum absolute atomic E-state index is 0.573. The van der Waals surface area contributed by atoms with Gasteiger partial charge in [0.2, 0.25) is 5.89 Å². The standard InChI is InChI=1S/C7H9NO2/c1-9-6-4-10-7(8-6)5-2-3-5/h4-5H,2-3H2,1H3. The van der Waals surface area contributed by atoms with Crippen LogP contribution in [0.2, 0.25) is 0 Å². The summed E-state index contributed by atoms with van der Waals surface area (Å²) in [5, 5.41) is 0. The highest BCUT2D eigenvalue weighted by Crippen LogP contribution is 2.39. The number of ether oxygens (including phenoxy) is 1. The van der Waals surface area contributed by atoms with E-state index in [0.29, 0.717) is 11.8 Å². The summed E-state index contributed by atoms with van der Waals surface area (Å²) in [6, 6.07) is 0. The molecule has 1 heterocycles. The smallest absolute Gasteiger partial charge is 0.252 e. The first-order valence-electron chi connectivity index (χ1n) is 3.39. The van der Waals surface area contributed by atoms with Gasteiger partial charge in [-0.2, -0.15) is 4.98 Å². The quantitative estimate of drug-likeness (QED) is 0.623. The van der Waals surface area contributed by atoms with Crippen molar-refractivity contribution in [1.29, 1.82) is 0 Å². The zero-order chi connectivity index (χ0) is 6.97. The van der Waals surface area contributed by atoms with E-state index in [-0.39, 0.29) is 0 Å². The molecule has 1 fully saturated rings. The van der Waals surface area contributed by atoms with Crippen LogP contribution in [0, 0.1) is 0 Å². The van der Waals surface area contributed by atoms with Gasteiger partial charge < -0.3 is 9.15 Å². The predicted molar refractivity (Wildman–Crippen MR) is 35.0 cm³/mol. The topological polar surface area (TPSA) is 35.3 Å². The van der Waals surface area contributed by atoms with E-state index in [4.69, 9.17) is 9.15 Å². The molecule has 0 saturated heterocycles. The molecule has 10 heavy (non-hydrogen) atoms. The molecule has 0 radical (unpaired) electrons. The van der Waals surface area contributed by atoms with Gasteiger partial charge in [0, 0.05) is 5.92 Å². The van der Waals surface area contributed by atoms with Crippen molar-refractivity contribution in [3.63, 3.8) is 0 Å². The molecule has 0 unspecified atom stereocenters. The van der Waals surface area contributed by atoms with Crippen LogP contribution < -0.4 is 4.74 Å². The minimum atomic E-state index is 0.573. The summed E-state index contributed by atoms with van der Waals surface area (Å²) in [6.07, 6.45) is 3.97. The second-order valence-corrected chi connectivity index (χ2v) is 2.50. The number of rotatable bonds is 2. The normalized spacial score (nSPS) is 17.3. The van der Waals surface area contributed by atoms with Crippen molar-refractivity contribution in [1.82, 2.24) is 4.98 Å². The number of hydrogen-bond acceptors (Lipinski definition) is 3. The molecular weight excluding hydrogens is 130 g/mol. The Hall–Kier alpha value is -0.990. The maximum atomic E-state index is 5.14. The van der Waals surface area contributed by atoms with Gasteiger partial charge in [-0.1, -0.05) is 0 Å². The Kier molecular flexibility index (Phi) is 1.16. The van der Waals surface area contributed by atoms with Crippen LogP contribution in [0.3, 0.4) is 0 Å². The van der Waals surface area contributed by atoms with Crippen LogP contribution >= 0.6 is 0 Å². The van der Waals surface area contributed by atoms with Gasteiger partial charge in [-0.3, -0.25) is 0 Å². The highest BCUT2D eigenvalue weighted by Gasteiger charge is 2.28. The summed E-state index contributed by atoms with van der Waals surface area (Å²) in [4.78, 5) is 4.10. The summed E-state index contributed by atoms with van der Waals surface area (Å²) in [5.41, 5.74) is 0. The van der Waals surface area contributed by atoms with Crippen molar-refractivity contribution in [3.05, 3.63) is 12.2 Å². The van der Waals surface area contributed by atoms with Gasteiger partial charge in [0.15, 0.2) is 6.26 Å². The average molecular weight is 139 g/mol. The summed E-state index contributed by atoms with van der Waals surface area (Å²) < 4.78 is 10.0. The zero-order valence-corrected chi connectivity index (χ0v) is 5.83. The highest BCUT2D eigenvalue weighted by atomic mass is 16.5. The molecule has 3 nitrogen and oxygen atoms in total. The first-order chi connectivity index (χ1) is 4.90. The zero-order valence-electron chi connectivity index (χ0n) is 5.83. The molecule has 0 bridgehead atoms. The predicted octanol–water partition coefficient (Wildman–Crippen LogP) is 1.56. The van der Waals surface area contributed by atoms with Crippen molar-refractivity contribution in [2.45, 2.75) is 18.8 Å². The van der Waals surface area contributed by atoms with E-state index >= 15 is 0 Å². The Balaban J connectivity index is 2.19. The lowest BCUT2D eigenvalue weighted by Gasteiger charge is -1.85. The molecule has 1 aliphatic carbocycles. The molecule has 1 aromatic heterocycles. The number of nitrogens with zero attached hydrogens (tertiary/aromatic N) is 1. The fourth-order valence-electron chi connectivity index (χ4n) is 0.884. The van der Waals surface area contributed by atoms with Crippen LogP contribution in [0.4, 0.5) is 0 Å². The molecule has 1 aromatic rings. The Morgan fingerprint density at radius 1 is 1.70 bits per heavy atom. The van der Waals surface area contributed by atoms with E-state index < -0.39 is 0 Å². The highest BCUT2D eigenvalue weighted by molar-refractivity contribution is 5.09.